The van der Waals surface area contributed by atoms with Gasteiger partial charge in [0.05, 0.1) is 16.3 Å². The van der Waals surface area contributed by atoms with Crippen LogP contribution in [0.1, 0.15) is 28.1 Å². The van der Waals surface area contributed by atoms with Gasteiger partial charge in [-0.05, 0) is 23.6 Å². The Bertz CT molecular complexity index is 1150. The fraction of sp³-hybridized carbons (Fsp3) is 0.160. The monoisotopic (exact) mass is 429 g/mol. The van der Waals surface area contributed by atoms with E-state index >= 15 is 0 Å². The van der Waals surface area contributed by atoms with E-state index in [4.69, 9.17) is 5.10 Å². The van der Waals surface area contributed by atoms with Gasteiger partial charge in [0.15, 0.2) is 5.78 Å². The number of para-hydroxylation sites is 1. The van der Waals surface area contributed by atoms with Gasteiger partial charge >= 0.3 is 0 Å². The molecule has 4 rings (SSSR count). The molecule has 4 aromatic rings. The van der Waals surface area contributed by atoms with Crippen LogP contribution in [-0.2, 0) is 11.3 Å². The third kappa shape index (κ3) is 4.98. The molecule has 0 N–H and O–H groups in total. The number of hydrogen-bond acceptors (Lipinski definition) is 4. The molecule has 0 bridgehead atoms. The number of nitrogens with zero attached hydrogens (tertiary/aromatic N) is 3. The molecule has 0 aliphatic rings. The Morgan fingerprint density at radius 3 is 2.32 bits per heavy atom. The second-order valence-corrected chi connectivity index (χ2v) is 8.25. The summed E-state index contributed by atoms with van der Waals surface area (Å²) >= 11 is 1.41. The molecule has 2 heterocycles. The highest BCUT2D eigenvalue weighted by Gasteiger charge is 2.18. The highest BCUT2D eigenvalue weighted by molar-refractivity contribution is 7.12. The van der Waals surface area contributed by atoms with Crippen LogP contribution in [0, 0.1) is 0 Å². The van der Waals surface area contributed by atoms with Crippen molar-refractivity contribution in [1.82, 2.24) is 14.7 Å². The van der Waals surface area contributed by atoms with Gasteiger partial charge in [-0.2, -0.15) is 5.10 Å². The quantitative estimate of drug-likeness (QED) is 0.361. The van der Waals surface area contributed by atoms with E-state index < -0.39 is 0 Å². The lowest BCUT2D eigenvalue weighted by Crippen LogP contribution is -2.26. The van der Waals surface area contributed by atoms with Crippen LogP contribution in [0.3, 0.4) is 0 Å². The molecule has 6 heteroatoms. The van der Waals surface area contributed by atoms with Crippen LogP contribution < -0.4 is 0 Å². The summed E-state index contributed by atoms with van der Waals surface area (Å²) in [4.78, 5) is 27.3. The predicted molar refractivity (Wildman–Crippen MR) is 123 cm³/mol. The van der Waals surface area contributed by atoms with Crippen molar-refractivity contribution in [2.24, 2.45) is 0 Å². The lowest BCUT2D eigenvalue weighted by molar-refractivity contribution is -0.130. The van der Waals surface area contributed by atoms with Gasteiger partial charge in [-0.15, -0.1) is 11.3 Å². The lowest BCUT2D eigenvalue weighted by atomic mass is 10.1. The summed E-state index contributed by atoms with van der Waals surface area (Å²) in [5.41, 5.74) is 3.76. The van der Waals surface area contributed by atoms with E-state index in [1.54, 1.807) is 18.0 Å². The van der Waals surface area contributed by atoms with Crippen LogP contribution >= 0.6 is 11.3 Å². The van der Waals surface area contributed by atoms with Crippen LogP contribution in [0.15, 0.2) is 84.4 Å². The minimum Gasteiger partial charge on any atom is -0.341 e. The first-order chi connectivity index (χ1) is 15.1. The Labute approximate surface area is 185 Å². The topological polar surface area (TPSA) is 55.2 Å². The van der Waals surface area contributed by atoms with Gasteiger partial charge in [-0.25, -0.2) is 4.68 Å². The molecular formula is C25H23N3O2S. The number of hydrogen-bond donors (Lipinski definition) is 0. The third-order valence-corrected chi connectivity index (χ3v) is 5.96. The summed E-state index contributed by atoms with van der Waals surface area (Å²) in [6, 6.07) is 23.5. The smallest absolute Gasteiger partial charge is 0.223 e. The molecule has 0 radical (unpaired) electrons. The summed E-state index contributed by atoms with van der Waals surface area (Å²) in [6.07, 6.45) is 2.39. The molecule has 2 aromatic heterocycles. The van der Waals surface area contributed by atoms with Crippen molar-refractivity contribution in [1.29, 1.82) is 0 Å². The summed E-state index contributed by atoms with van der Waals surface area (Å²) in [6.45, 7) is 0.420. The predicted octanol–water partition coefficient (Wildman–Crippen LogP) is 5.22. The van der Waals surface area contributed by atoms with Crippen molar-refractivity contribution in [2.75, 3.05) is 7.05 Å². The molecule has 0 spiro atoms. The standard InChI is InChI=1S/C25H23N3O2S/c1-27(24(30)15-14-22(29)23-13-8-16-31-23)17-20-18-28(21-11-6-3-7-12-21)26-25(20)19-9-4-2-5-10-19/h2-13,16,18H,14-15,17H2,1H3. The maximum absolute atomic E-state index is 12.7. The van der Waals surface area contributed by atoms with E-state index in [-0.39, 0.29) is 24.5 Å². The Morgan fingerprint density at radius 2 is 1.65 bits per heavy atom. The zero-order valence-corrected chi connectivity index (χ0v) is 18.1. The van der Waals surface area contributed by atoms with Crippen LogP contribution in [0.5, 0.6) is 0 Å². The summed E-state index contributed by atoms with van der Waals surface area (Å²) in [5.74, 6) is -0.0463. The Balaban J connectivity index is 1.51. The molecular weight excluding hydrogens is 406 g/mol. The van der Waals surface area contributed by atoms with E-state index in [1.165, 1.54) is 11.3 Å². The number of rotatable bonds is 8. The summed E-state index contributed by atoms with van der Waals surface area (Å²) in [7, 11) is 1.77. The van der Waals surface area contributed by atoms with Gasteiger partial charge in [0.1, 0.15) is 0 Å². The van der Waals surface area contributed by atoms with E-state index in [1.807, 2.05) is 83.0 Å². The lowest BCUT2D eigenvalue weighted by Gasteiger charge is -2.17. The van der Waals surface area contributed by atoms with E-state index in [0.717, 1.165) is 22.5 Å². The van der Waals surface area contributed by atoms with E-state index in [0.29, 0.717) is 11.4 Å². The zero-order chi connectivity index (χ0) is 21.6. The molecule has 0 aliphatic heterocycles. The average Bonchev–Trinajstić information content (AvgIpc) is 3.49. The molecule has 0 saturated heterocycles. The molecule has 0 saturated carbocycles. The van der Waals surface area contributed by atoms with Gasteiger partial charge in [0.2, 0.25) is 5.91 Å². The number of benzene rings is 2. The molecule has 5 nitrogen and oxygen atoms in total. The van der Waals surface area contributed by atoms with Crippen LogP contribution in [0.2, 0.25) is 0 Å². The first kappa shape index (κ1) is 20.8. The Kier molecular flexibility index (Phi) is 6.38. The highest BCUT2D eigenvalue weighted by Crippen LogP contribution is 2.25. The van der Waals surface area contributed by atoms with Crippen molar-refractivity contribution in [3.05, 3.63) is 94.8 Å². The number of amides is 1. The van der Waals surface area contributed by atoms with Gasteiger partial charge in [-0.1, -0.05) is 54.6 Å². The van der Waals surface area contributed by atoms with Gasteiger partial charge in [0.25, 0.3) is 0 Å². The number of carbonyl (C=O) groups excluding carboxylic acids is 2. The van der Waals surface area contributed by atoms with Gasteiger partial charge < -0.3 is 4.90 Å². The normalized spacial score (nSPS) is 10.7. The Morgan fingerprint density at radius 1 is 0.935 bits per heavy atom. The first-order valence-corrected chi connectivity index (χ1v) is 11.0. The first-order valence-electron chi connectivity index (χ1n) is 10.1. The SMILES string of the molecule is CN(Cc1cn(-c2ccccc2)nc1-c1ccccc1)C(=O)CCC(=O)c1cccs1. The fourth-order valence-corrected chi connectivity index (χ4v) is 4.09. The number of aromatic nitrogens is 2. The molecule has 156 valence electrons. The highest BCUT2D eigenvalue weighted by atomic mass is 32.1. The van der Waals surface area contributed by atoms with Crippen molar-refractivity contribution in [3.63, 3.8) is 0 Å². The summed E-state index contributed by atoms with van der Waals surface area (Å²) < 4.78 is 1.84. The number of Topliss-reactive ketones (excluding diaryl/α,β-unsaturated/α-hetero) is 1. The molecule has 2 aromatic carbocycles. The molecule has 1 amide bonds. The third-order valence-electron chi connectivity index (χ3n) is 5.05. The molecule has 0 unspecified atom stereocenters. The Hall–Kier alpha value is -3.51. The fourth-order valence-electron chi connectivity index (χ4n) is 3.39. The van der Waals surface area contributed by atoms with E-state index in [2.05, 4.69) is 0 Å². The minimum absolute atomic E-state index is 0.0126. The van der Waals surface area contributed by atoms with Crippen molar-refractivity contribution >= 4 is 23.0 Å². The molecule has 0 aliphatic carbocycles. The zero-order valence-electron chi connectivity index (χ0n) is 17.3. The number of ketones is 1. The summed E-state index contributed by atoms with van der Waals surface area (Å²) in [5, 5.41) is 6.67. The minimum atomic E-state index is -0.0589. The largest absolute Gasteiger partial charge is 0.341 e. The second-order valence-electron chi connectivity index (χ2n) is 7.30. The second kappa shape index (κ2) is 9.53. The van der Waals surface area contributed by atoms with Crippen molar-refractivity contribution in [2.45, 2.75) is 19.4 Å². The average molecular weight is 430 g/mol. The van der Waals surface area contributed by atoms with Gasteiger partial charge in [0, 0.05) is 43.8 Å². The van der Waals surface area contributed by atoms with E-state index in [9.17, 15) is 9.59 Å². The van der Waals surface area contributed by atoms with Gasteiger partial charge in [-0.3, -0.25) is 9.59 Å². The maximum Gasteiger partial charge on any atom is 0.223 e. The molecule has 31 heavy (non-hydrogen) atoms. The molecule has 0 atom stereocenters. The van der Waals surface area contributed by atoms with Crippen LogP contribution in [0.4, 0.5) is 0 Å². The van der Waals surface area contributed by atoms with Crippen LogP contribution in [-0.4, -0.2) is 33.4 Å². The molecule has 0 fully saturated rings. The maximum atomic E-state index is 12.7. The number of thiophene rings is 1. The number of carbonyl (C=O) groups is 2. The van der Waals surface area contributed by atoms with Crippen LogP contribution in [0.25, 0.3) is 16.9 Å². The van der Waals surface area contributed by atoms with Crippen molar-refractivity contribution < 1.29 is 9.59 Å². The van der Waals surface area contributed by atoms with Crippen molar-refractivity contribution in [3.8, 4) is 16.9 Å².